The predicted molar refractivity (Wildman–Crippen MR) is 94.1 cm³/mol. The van der Waals surface area contributed by atoms with Crippen molar-refractivity contribution >= 4 is 6.03 Å². The average molecular weight is 346 g/mol. The topological polar surface area (TPSA) is 70.6 Å². The molecular weight excluding hydrogens is 323 g/mol. The molecule has 0 heterocycles. The lowest BCUT2D eigenvalue weighted by atomic mass is 10.1. The minimum atomic E-state index is -0.870. The summed E-state index contributed by atoms with van der Waals surface area (Å²) >= 11 is 0. The van der Waals surface area contributed by atoms with E-state index in [-0.39, 0.29) is 18.4 Å². The molecule has 2 aromatic rings. The maximum Gasteiger partial charge on any atom is 0.314 e. The molecule has 0 fully saturated rings. The highest BCUT2D eigenvalue weighted by atomic mass is 19.1. The molecule has 6 heteroatoms. The third-order valence-corrected chi connectivity index (χ3v) is 3.80. The molecule has 1 atom stereocenters. The second kappa shape index (κ2) is 9.64. The lowest BCUT2D eigenvalue weighted by Crippen LogP contribution is -2.38. The zero-order valence-electron chi connectivity index (χ0n) is 14.2. The zero-order valence-corrected chi connectivity index (χ0v) is 14.2. The number of benzene rings is 2. The Morgan fingerprint density at radius 3 is 2.44 bits per heavy atom. The molecule has 134 valence electrons. The van der Waals surface area contributed by atoms with Gasteiger partial charge in [0.2, 0.25) is 0 Å². The molecule has 1 unspecified atom stereocenters. The van der Waals surface area contributed by atoms with E-state index in [0.29, 0.717) is 12.1 Å². The van der Waals surface area contributed by atoms with Crippen LogP contribution in [0.15, 0.2) is 48.5 Å². The van der Waals surface area contributed by atoms with Gasteiger partial charge in [-0.2, -0.15) is 0 Å². The second-order valence-electron chi connectivity index (χ2n) is 5.66. The quantitative estimate of drug-likeness (QED) is 0.644. The summed E-state index contributed by atoms with van der Waals surface area (Å²) in [7, 11) is 1.63. The molecule has 0 spiro atoms. The number of amides is 2. The minimum Gasteiger partial charge on any atom is -0.497 e. The molecule has 0 bridgehead atoms. The number of rotatable bonds is 8. The first kappa shape index (κ1) is 18.7. The number of carbonyl (C=O) groups excluding carboxylic acids is 1. The predicted octanol–water partition coefficient (Wildman–Crippen LogP) is 2.80. The van der Waals surface area contributed by atoms with E-state index in [9.17, 15) is 14.3 Å². The summed E-state index contributed by atoms with van der Waals surface area (Å²) in [5.74, 6) is 0.458. The SMILES string of the molecule is COc1ccc(CCCNC(=O)NCC(O)c2ccc(F)cc2)cc1. The van der Waals surface area contributed by atoms with Gasteiger partial charge in [0.05, 0.1) is 13.2 Å². The van der Waals surface area contributed by atoms with Crippen molar-refractivity contribution in [1.82, 2.24) is 10.6 Å². The van der Waals surface area contributed by atoms with E-state index in [2.05, 4.69) is 10.6 Å². The Hall–Kier alpha value is -2.60. The largest absolute Gasteiger partial charge is 0.497 e. The molecule has 2 rings (SSSR count). The van der Waals surface area contributed by atoms with Crippen LogP contribution in [0.3, 0.4) is 0 Å². The third-order valence-electron chi connectivity index (χ3n) is 3.80. The second-order valence-corrected chi connectivity index (χ2v) is 5.66. The van der Waals surface area contributed by atoms with Crippen LogP contribution in [0.4, 0.5) is 9.18 Å². The van der Waals surface area contributed by atoms with Gasteiger partial charge < -0.3 is 20.5 Å². The molecule has 5 nitrogen and oxygen atoms in total. The van der Waals surface area contributed by atoms with Gasteiger partial charge in [-0.25, -0.2) is 9.18 Å². The fourth-order valence-corrected chi connectivity index (χ4v) is 2.34. The third kappa shape index (κ3) is 6.43. The van der Waals surface area contributed by atoms with Crippen LogP contribution in [-0.2, 0) is 6.42 Å². The van der Waals surface area contributed by atoms with Crippen LogP contribution in [0.1, 0.15) is 23.7 Å². The number of hydrogen-bond acceptors (Lipinski definition) is 3. The Balaban J connectivity index is 1.62. The van der Waals surface area contributed by atoms with Crippen LogP contribution < -0.4 is 15.4 Å². The van der Waals surface area contributed by atoms with Gasteiger partial charge in [0, 0.05) is 13.1 Å². The first-order valence-electron chi connectivity index (χ1n) is 8.16. The van der Waals surface area contributed by atoms with Crippen molar-refractivity contribution in [1.29, 1.82) is 0 Å². The molecule has 0 radical (unpaired) electrons. The number of aliphatic hydroxyl groups excluding tert-OH is 1. The summed E-state index contributed by atoms with van der Waals surface area (Å²) in [5, 5.41) is 15.3. The van der Waals surface area contributed by atoms with Gasteiger partial charge in [-0.3, -0.25) is 0 Å². The number of nitrogens with one attached hydrogen (secondary N) is 2. The van der Waals surface area contributed by atoms with Gasteiger partial charge in [0.1, 0.15) is 11.6 Å². The van der Waals surface area contributed by atoms with Crippen LogP contribution in [0.5, 0.6) is 5.75 Å². The zero-order chi connectivity index (χ0) is 18.1. The van der Waals surface area contributed by atoms with Gasteiger partial charge in [0.15, 0.2) is 0 Å². The highest BCUT2D eigenvalue weighted by Crippen LogP contribution is 2.13. The molecule has 0 aliphatic heterocycles. The number of carbonyl (C=O) groups is 1. The Morgan fingerprint density at radius 1 is 1.12 bits per heavy atom. The Labute approximate surface area is 146 Å². The molecule has 25 heavy (non-hydrogen) atoms. The Kier molecular flexibility index (Phi) is 7.22. The van der Waals surface area contributed by atoms with E-state index in [0.717, 1.165) is 18.6 Å². The van der Waals surface area contributed by atoms with Crippen molar-refractivity contribution in [3.8, 4) is 5.75 Å². The molecule has 2 amide bonds. The van der Waals surface area contributed by atoms with Gasteiger partial charge in [0.25, 0.3) is 0 Å². The van der Waals surface area contributed by atoms with Crippen LogP contribution in [0.25, 0.3) is 0 Å². The Bertz CT molecular complexity index is 659. The highest BCUT2D eigenvalue weighted by Gasteiger charge is 2.09. The van der Waals surface area contributed by atoms with Crippen LogP contribution in [0, 0.1) is 5.82 Å². The minimum absolute atomic E-state index is 0.0654. The molecule has 0 aromatic heterocycles. The first-order chi connectivity index (χ1) is 12.1. The number of methoxy groups -OCH3 is 1. The van der Waals surface area contributed by atoms with Crippen LogP contribution in [-0.4, -0.2) is 31.3 Å². The molecular formula is C19H23FN2O3. The van der Waals surface area contributed by atoms with Crippen LogP contribution in [0.2, 0.25) is 0 Å². The molecule has 2 aromatic carbocycles. The summed E-state index contributed by atoms with van der Waals surface area (Å²) in [4.78, 5) is 11.7. The fourth-order valence-electron chi connectivity index (χ4n) is 2.34. The number of halogens is 1. The number of urea groups is 1. The number of aryl methyl sites for hydroxylation is 1. The van der Waals surface area contributed by atoms with E-state index in [4.69, 9.17) is 4.74 Å². The van der Waals surface area contributed by atoms with Crippen molar-refractivity contribution < 1.29 is 19.0 Å². The maximum atomic E-state index is 12.8. The number of ether oxygens (including phenoxy) is 1. The summed E-state index contributed by atoms with van der Waals surface area (Å²) in [6, 6.07) is 13.0. The van der Waals surface area contributed by atoms with Gasteiger partial charge in [-0.05, 0) is 48.2 Å². The van der Waals surface area contributed by atoms with E-state index >= 15 is 0 Å². The molecule has 3 N–H and O–H groups in total. The van der Waals surface area contributed by atoms with Crippen molar-refractivity contribution in [2.75, 3.05) is 20.2 Å². The van der Waals surface area contributed by atoms with Crippen molar-refractivity contribution in [3.63, 3.8) is 0 Å². The van der Waals surface area contributed by atoms with E-state index < -0.39 is 6.10 Å². The number of aliphatic hydroxyl groups is 1. The normalized spacial score (nSPS) is 11.6. The van der Waals surface area contributed by atoms with E-state index in [1.807, 2.05) is 24.3 Å². The first-order valence-corrected chi connectivity index (χ1v) is 8.16. The highest BCUT2D eigenvalue weighted by molar-refractivity contribution is 5.73. The number of hydrogen-bond donors (Lipinski definition) is 3. The lowest BCUT2D eigenvalue weighted by Gasteiger charge is -2.13. The lowest BCUT2D eigenvalue weighted by molar-refractivity contribution is 0.173. The molecule has 0 aliphatic rings. The summed E-state index contributed by atoms with van der Waals surface area (Å²) < 4.78 is 17.9. The smallest absolute Gasteiger partial charge is 0.314 e. The average Bonchev–Trinajstić information content (AvgIpc) is 2.64. The van der Waals surface area contributed by atoms with Gasteiger partial charge in [-0.1, -0.05) is 24.3 Å². The standard InChI is InChI=1S/C19H23FN2O3/c1-25-17-10-4-14(5-11-17)3-2-12-21-19(24)22-13-18(23)15-6-8-16(20)9-7-15/h4-11,18,23H,2-3,12-13H2,1H3,(H2,21,22,24). The van der Waals surface area contributed by atoms with E-state index in [1.54, 1.807) is 7.11 Å². The van der Waals surface area contributed by atoms with Crippen molar-refractivity contribution in [2.45, 2.75) is 18.9 Å². The van der Waals surface area contributed by atoms with Gasteiger partial charge >= 0.3 is 6.03 Å². The summed E-state index contributed by atoms with van der Waals surface area (Å²) in [6.07, 6.45) is 0.786. The van der Waals surface area contributed by atoms with E-state index in [1.165, 1.54) is 29.8 Å². The monoisotopic (exact) mass is 346 g/mol. The van der Waals surface area contributed by atoms with Gasteiger partial charge in [-0.15, -0.1) is 0 Å². The summed E-state index contributed by atoms with van der Waals surface area (Å²) in [6.45, 7) is 0.598. The molecule has 0 saturated carbocycles. The van der Waals surface area contributed by atoms with Crippen LogP contribution >= 0.6 is 0 Å². The van der Waals surface area contributed by atoms with Crippen molar-refractivity contribution in [3.05, 3.63) is 65.5 Å². The molecule has 0 saturated heterocycles. The fraction of sp³-hybridized carbons (Fsp3) is 0.316. The van der Waals surface area contributed by atoms with Crippen molar-refractivity contribution in [2.24, 2.45) is 0 Å². The maximum absolute atomic E-state index is 12.8. The Morgan fingerprint density at radius 2 is 1.80 bits per heavy atom. The summed E-state index contributed by atoms with van der Waals surface area (Å²) in [5.41, 5.74) is 1.73. The molecule has 0 aliphatic carbocycles.